The summed E-state index contributed by atoms with van der Waals surface area (Å²) < 4.78 is 23.5. The summed E-state index contributed by atoms with van der Waals surface area (Å²) in [5, 5.41) is 0. The minimum atomic E-state index is -2.67. The maximum Gasteiger partial charge on any atom is 0.144 e. The first kappa shape index (κ1) is 32.0. The van der Waals surface area contributed by atoms with Gasteiger partial charge in [0, 0.05) is 26.7 Å². The number of sulfone groups is 1. The molecule has 0 atom stereocenters. The van der Waals surface area contributed by atoms with Crippen molar-refractivity contribution in [2.75, 3.05) is 39.2 Å². The van der Waals surface area contributed by atoms with E-state index in [4.69, 9.17) is 0 Å². The van der Waals surface area contributed by atoms with Crippen molar-refractivity contribution < 1.29 is 17.9 Å². The number of hydrogen-bond acceptors (Lipinski definition) is 5. The molecule has 0 fully saturated rings. The molecule has 6 heteroatoms. The van der Waals surface area contributed by atoms with E-state index in [2.05, 4.69) is 32.4 Å². The first-order valence-electron chi connectivity index (χ1n) is 5.99. The average Bonchev–Trinajstić information content (AvgIpc) is 1.96. The third-order valence-corrected chi connectivity index (χ3v) is 0. The normalized spacial score (nSPS) is 9.00. The van der Waals surface area contributed by atoms with Gasteiger partial charge in [0.05, 0.1) is 0 Å². The monoisotopic (exact) mass is 332 g/mol. The first-order valence-corrected chi connectivity index (χ1v) is 9.92. The van der Waals surface area contributed by atoms with Gasteiger partial charge in [0.25, 0.3) is 0 Å². The molecule has 0 aliphatic heterocycles. The zero-order valence-corrected chi connectivity index (χ0v) is 17.1. The molecule has 0 aliphatic carbocycles. The van der Waals surface area contributed by atoms with Crippen molar-refractivity contribution in [3.05, 3.63) is 0 Å². The maximum atomic E-state index is 9.63. The van der Waals surface area contributed by atoms with Crippen LogP contribution in [-0.4, -0.2) is 53.4 Å². The molecule has 0 bridgehead atoms. The topological polar surface area (TPSA) is 60.4 Å². The van der Waals surface area contributed by atoms with E-state index in [-0.39, 0.29) is 5.78 Å². The molecule has 0 amide bonds. The number of rotatable bonds is 0. The van der Waals surface area contributed by atoms with Gasteiger partial charge in [-0.2, -0.15) is 11.8 Å². The second kappa shape index (κ2) is 21.2. The van der Waals surface area contributed by atoms with Crippen LogP contribution < -0.4 is 0 Å². The highest BCUT2D eigenvalue weighted by molar-refractivity contribution is 7.97. The number of thioether (sulfide) groups is 1. The maximum absolute atomic E-state index is 9.63. The predicted octanol–water partition coefficient (Wildman–Crippen LogP) is 3.55. The van der Waals surface area contributed by atoms with Crippen LogP contribution in [0.4, 0.5) is 0 Å². The van der Waals surface area contributed by atoms with Crippen molar-refractivity contribution in [1.29, 1.82) is 0 Å². The van der Waals surface area contributed by atoms with Gasteiger partial charge in [0.1, 0.15) is 15.6 Å². The molecule has 0 aliphatic rings. The Morgan fingerprint density at radius 2 is 0.950 bits per heavy atom. The van der Waals surface area contributed by atoms with Crippen molar-refractivity contribution in [2.24, 2.45) is 5.41 Å². The number of Topliss-reactive ketones (excluding diaryl/α,β-unsaturated/α-hetero) is 1. The fraction of sp³-hybridized carbons (Fsp3) is 0.929. The van der Waals surface area contributed by atoms with Crippen LogP contribution in [0.3, 0.4) is 0 Å². The largest absolute Gasteiger partial charge is 0.388 e. The molecule has 0 spiro atoms. The van der Waals surface area contributed by atoms with Gasteiger partial charge in [-0.1, -0.05) is 27.7 Å². The molecule has 0 saturated carbocycles. The van der Waals surface area contributed by atoms with E-state index in [0.717, 1.165) is 12.5 Å². The molecule has 0 heterocycles. The number of carbonyl (C=O) groups is 1. The van der Waals surface area contributed by atoms with Gasteiger partial charge in [-0.05, 0) is 31.8 Å². The highest BCUT2D eigenvalue weighted by Gasteiger charge is 1.95. The van der Waals surface area contributed by atoms with Gasteiger partial charge in [0.2, 0.25) is 0 Å². The lowest BCUT2D eigenvalue weighted by atomic mass is 10.0. The number of hydrogen-bond donors (Lipinski definition) is 0. The van der Waals surface area contributed by atoms with Gasteiger partial charge in [0.15, 0.2) is 0 Å². The summed E-state index contributed by atoms with van der Waals surface area (Å²) in [5.74, 6) is 0.167. The smallest absolute Gasteiger partial charge is 0.144 e. The van der Waals surface area contributed by atoms with E-state index in [9.17, 15) is 13.2 Å². The zero-order valence-electron chi connectivity index (χ0n) is 15.4. The molecule has 0 aromatic carbocycles. The van der Waals surface area contributed by atoms with Gasteiger partial charge in [-0.15, -0.1) is 0 Å². The minimum Gasteiger partial charge on any atom is -0.388 e. The number of ether oxygens (including phenoxy) is 1. The van der Waals surface area contributed by atoms with Gasteiger partial charge in [-0.3, -0.25) is 0 Å². The van der Waals surface area contributed by atoms with Crippen LogP contribution in [0.5, 0.6) is 0 Å². The minimum absolute atomic E-state index is 0.167. The van der Waals surface area contributed by atoms with Crippen molar-refractivity contribution in [2.45, 2.75) is 41.5 Å². The molecule has 0 aromatic heterocycles. The lowest BCUT2D eigenvalue weighted by Gasteiger charge is -2.05. The summed E-state index contributed by atoms with van der Waals surface area (Å²) in [6.07, 6.45) is 6.40. The number of methoxy groups -OCH3 is 1. The molecule has 20 heavy (non-hydrogen) atoms. The summed E-state index contributed by atoms with van der Waals surface area (Å²) in [7, 11) is 0.583. The highest BCUT2D eigenvalue weighted by atomic mass is 32.2. The average molecular weight is 333 g/mol. The standard InChI is InChI=1S/C5H12.C3H6O.C2H6O2S.C2H6O.C2H6S/c1-5(2,3)4;1-3(2)4;1-5(2,3)4;2*1-3-2/h1-4H3;1-2H3;1-2H3;2*1-2H3. The van der Waals surface area contributed by atoms with Crippen LogP contribution in [0, 0.1) is 5.41 Å². The quantitative estimate of drug-likeness (QED) is 0.679. The second-order valence-corrected chi connectivity index (χ2v) is 8.97. The Bertz CT molecular complexity index is 245. The fourth-order valence-electron chi connectivity index (χ4n) is 0. The third-order valence-electron chi connectivity index (χ3n) is 0. The molecule has 0 radical (unpaired) electrons. The van der Waals surface area contributed by atoms with E-state index in [0.29, 0.717) is 5.41 Å². The Labute approximate surface area is 132 Å². The summed E-state index contributed by atoms with van der Waals surface area (Å²) in [6.45, 7) is 11.8. The van der Waals surface area contributed by atoms with Gasteiger partial charge < -0.3 is 9.53 Å². The lowest BCUT2D eigenvalue weighted by molar-refractivity contribution is -0.114. The molecule has 0 rings (SSSR count). The van der Waals surface area contributed by atoms with Crippen LogP contribution in [0.25, 0.3) is 0 Å². The molecular formula is C14H36O4S2. The van der Waals surface area contributed by atoms with Crippen LogP contribution >= 0.6 is 11.8 Å². The molecule has 0 N–H and O–H groups in total. The van der Waals surface area contributed by atoms with Crippen molar-refractivity contribution in [3.8, 4) is 0 Å². The van der Waals surface area contributed by atoms with Crippen molar-refractivity contribution in [1.82, 2.24) is 0 Å². The summed E-state index contributed by atoms with van der Waals surface area (Å²) in [5.41, 5.74) is 0.500. The molecule has 0 aromatic rings. The third kappa shape index (κ3) is 1050000. The van der Waals surface area contributed by atoms with E-state index in [1.54, 1.807) is 26.0 Å². The zero-order chi connectivity index (χ0) is 18.0. The van der Waals surface area contributed by atoms with Crippen LogP contribution in [-0.2, 0) is 19.4 Å². The molecule has 0 unspecified atom stereocenters. The highest BCUT2D eigenvalue weighted by Crippen LogP contribution is 2.08. The van der Waals surface area contributed by atoms with Crippen LogP contribution in [0.15, 0.2) is 0 Å². The van der Waals surface area contributed by atoms with Crippen LogP contribution in [0.1, 0.15) is 41.5 Å². The Morgan fingerprint density at radius 3 is 0.950 bits per heavy atom. The molecule has 0 saturated heterocycles. The second-order valence-electron chi connectivity index (χ2n) is 5.87. The van der Waals surface area contributed by atoms with E-state index in [1.807, 2.05) is 12.5 Å². The summed E-state index contributed by atoms with van der Waals surface area (Å²) in [6, 6.07) is 0. The van der Waals surface area contributed by atoms with E-state index < -0.39 is 9.84 Å². The van der Waals surface area contributed by atoms with E-state index in [1.165, 1.54) is 13.8 Å². The Kier molecular flexibility index (Phi) is 34.0. The molecule has 4 nitrogen and oxygen atoms in total. The number of ketones is 1. The fourth-order valence-corrected chi connectivity index (χ4v) is 0. The van der Waals surface area contributed by atoms with E-state index >= 15 is 0 Å². The summed E-state index contributed by atoms with van der Waals surface area (Å²) in [4.78, 5) is 9.44. The Balaban J connectivity index is -0.0000000478. The summed E-state index contributed by atoms with van der Waals surface area (Å²) >= 11 is 1.75. The first-order chi connectivity index (χ1) is 8.56. The Hall–Kier alpha value is -0.0700. The predicted molar refractivity (Wildman–Crippen MR) is 94.6 cm³/mol. The van der Waals surface area contributed by atoms with Crippen LogP contribution in [0.2, 0.25) is 0 Å². The molecule has 128 valence electrons. The van der Waals surface area contributed by atoms with Crippen molar-refractivity contribution >= 4 is 27.4 Å². The molecular weight excluding hydrogens is 296 g/mol. The Morgan fingerprint density at radius 1 is 0.950 bits per heavy atom. The van der Waals surface area contributed by atoms with Gasteiger partial charge in [-0.25, -0.2) is 8.42 Å². The number of carbonyl (C=O) groups excluding carboxylic acids is 1. The van der Waals surface area contributed by atoms with Crippen molar-refractivity contribution in [3.63, 3.8) is 0 Å². The lowest BCUT2D eigenvalue weighted by Crippen LogP contribution is -1.93. The SMILES string of the molecule is CC(C)(C)C.CC(C)=O.COC.CS(C)(=O)=O.CSC. The van der Waals surface area contributed by atoms with Gasteiger partial charge >= 0.3 is 0 Å².